The smallest absolute Gasteiger partial charge is 0.258 e. The van der Waals surface area contributed by atoms with Crippen LogP contribution in [0.2, 0.25) is 0 Å². The molecule has 6 nitrogen and oxygen atoms in total. The van der Waals surface area contributed by atoms with Crippen molar-refractivity contribution in [1.29, 1.82) is 0 Å². The molecule has 0 aliphatic heterocycles. The summed E-state index contributed by atoms with van der Waals surface area (Å²) >= 11 is 0. The Kier molecular flexibility index (Phi) is 6.13. The summed E-state index contributed by atoms with van der Waals surface area (Å²) in [6, 6.07) is 15.9. The van der Waals surface area contributed by atoms with E-state index in [0.717, 1.165) is 29.4 Å². The van der Waals surface area contributed by atoms with Gasteiger partial charge in [-0.3, -0.25) is 4.79 Å². The van der Waals surface area contributed by atoms with Gasteiger partial charge < -0.3 is 0 Å². The van der Waals surface area contributed by atoms with Gasteiger partial charge in [0.1, 0.15) is 6.04 Å². The van der Waals surface area contributed by atoms with Gasteiger partial charge in [-0.15, -0.1) is 0 Å². The Bertz CT molecular complexity index is 1290. The molecule has 166 valence electrons. The molecule has 0 heterocycles. The van der Waals surface area contributed by atoms with Crippen LogP contribution >= 0.6 is 0 Å². The van der Waals surface area contributed by atoms with E-state index in [9.17, 15) is 13.2 Å². The molecule has 4 rings (SSSR count). The monoisotopic (exact) mass is 449 g/mol. The van der Waals surface area contributed by atoms with E-state index in [4.69, 9.17) is 0 Å². The maximum Gasteiger partial charge on any atom is 0.258 e. The molecule has 0 radical (unpaired) electrons. The summed E-state index contributed by atoms with van der Waals surface area (Å²) in [6.07, 6.45) is 3.70. The van der Waals surface area contributed by atoms with Crippen molar-refractivity contribution in [3.63, 3.8) is 0 Å². The highest BCUT2D eigenvalue weighted by molar-refractivity contribution is 7.89. The summed E-state index contributed by atoms with van der Waals surface area (Å²) in [5, 5.41) is 6.51. The first-order chi connectivity index (χ1) is 15.3. The van der Waals surface area contributed by atoms with Crippen molar-refractivity contribution in [2.24, 2.45) is 11.0 Å². The molecular formula is C25H27N3O3S. The molecule has 0 spiro atoms. The van der Waals surface area contributed by atoms with Crippen molar-refractivity contribution in [3.8, 4) is 0 Å². The normalized spacial score (nSPS) is 14.4. The van der Waals surface area contributed by atoms with Gasteiger partial charge in [0.2, 0.25) is 10.0 Å². The fraction of sp³-hybridized carbons (Fsp3) is 0.280. The summed E-state index contributed by atoms with van der Waals surface area (Å²) in [5.41, 5.74) is 7.05. The van der Waals surface area contributed by atoms with Gasteiger partial charge in [-0.05, 0) is 59.7 Å². The van der Waals surface area contributed by atoms with Crippen LogP contribution in [0.1, 0.15) is 36.1 Å². The molecule has 0 saturated carbocycles. The number of rotatable bonds is 7. The number of hydrazone groups is 1. The summed E-state index contributed by atoms with van der Waals surface area (Å²) < 4.78 is 28.0. The van der Waals surface area contributed by atoms with Gasteiger partial charge in [-0.25, -0.2) is 13.8 Å². The molecule has 0 bridgehead atoms. The van der Waals surface area contributed by atoms with Crippen molar-refractivity contribution in [2.75, 3.05) is 0 Å². The highest BCUT2D eigenvalue weighted by Gasteiger charge is 2.28. The summed E-state index contributed by atoms with van der Waals surface area (Å²) in [7, 11) is -3.84. The molecule has 7 heteroatoms. The zero-order chi connectivity index (χ0) is 22.9. The molecular weight excluding hydrogens is 422 g/mol. The minimum absolute atomic E-state index is 0.123. The summed E-state index contributed by atoms with van der Waals surface area (Å²) in [5.74, 6) is -0.764. The minimum atomic E-state index is -3.84. The Hall–Kier alpha value is -3.03. The van der Waals surface area contributed by atoms with E-state index in [1.807, 2.05) is 19.1 Å². The first-order valence-electron chi connectivity index (χ1n) is 10.7. The van der Waals surface area contributed by atoms with Crippen molar-refractivity contribution in [1.82, 2.24) is 10.1 Å². The largest absolute Gasteiger partial charge is 0.271 e. The van der Waals surface area contributed by atoms with Crippen LogP contribution in [0.5, 0.6) is 0 Å². The van der Waals surface area contributed by atoms with Gasteiger partial charge in [0.05, 0.1) is 11.1 Å². The lowest BCUT2D eigenvalue weighted by atomic mass is 10.0. The van der Waals surface area contributed by atoms with Crippen molar-refractivity contribution < 1.29 is 13.2 Å². The molecule has 0 saturated heterocycles. The van der Waals surface area contributed by atoms with Crippen molar-refractivity contribution in [3.05, 3.63) is 76.9 Å². The van der Waals surface area contributed by atoms with Gasteiger partial charge in [0.15, 0.2) is 0 Å². The van der Waals surface area contributed by atoms with E-state index in [0.29, 0.717) is 0 Å². The molecule has 3 aromatic carbocycles. The fourth-order valence-electron chi connectivity index (χ4n) is 4.06. The lowest BCUT2D eigenvalue weighted by Gasteiger charge is -2.20. The molecule has 1 atom stereocenters. The van der Waals surface area contributed by atoms with Crippen molar-refractivity contribution >= 4 is 32.9 Å². The third kappa shape index (κ3) is 4.45. The van der Waals surface area contributed by atoms with Crippen LogP contribution in [0.25, 0.3) is 10.8 Å². The highest BCUT2D eigenvalue weighted by atomic mass is 32.2. The van der Waals surface area contributed by atoms with Gasteiger partial charge >= 0.3 is 0 Å². The molecule has 3 aromatic rings. The van der Waals surface area contributed by atoms with E-state index in [2.05, 4.69) is 33.4 Å². The van der Waals surface area contributed by atoms with E-state index in [-0.39, 0.29) is 10.8 Å². The van der Waals surface area contributed by atoms with Gasteiger partial charge in [0.25, 0.3) is 5.91 Å². The molecule has 0 unspecified atom stereocenters. The predicted molar refractivity (Wildman–Crippen MR) is 127 cm³/mol. The zero-order valence-electron chi connectivity index (χ0n) is 18.4. The Morgan fingerprint density at radius 1 is 1.00 bits per heavy atom. The predicted octanol–water partition coefficient (Wildman–Crippen LogP) is 3.70. The molecule has 0 fully saturated rings. The van der Waals surface area contributed by atoms with Crippen LogP contribution in [0.15, 0.2) is 64.6 Å². The van der Waals surface area contributed by atoms with Gasteiger partial charge in [-0.1, -0.05) is 61.9 Å². The number of aryl methyl sites for hydroxylation is 3. The maximum atomic E-state index is 12.8. The fourth-order valence-corrected chi connectivity index (χ4v) is 5.41. The number of carbonyl (C=O) groups is 1. The minimum Gasteiger partial charge on any atom is -0.271 e. The third-order valence-corrected chi connectivity index (χ3v) is 7.31. The van der Waals surface area contributed by atoms with Crippen LogP contribution in [-0.4, -0.2) is 26.6 Å². The molecule has 2 N–H and O–H groups in total. The van der Waals surface area contributed by atoms with E-state index >= 15 is 0 Å². The molecule has 1 amide bonds. The first kappa shape index (κ1) is 22.2. The van der Waals surface area contributed by atoms with Crippen LogP contribution in [-0.2, 0) is 27.7 Å². The topological polar surface area (TPSA) is 87.6 Å². The number of amides is 1. The summed E-state index contributed by atoms with van der Waals surface area (Å²) in [4.78, 5) is 12.9. The number of nitrogens with zero attached hydrogens (tertiary/aromatic N) is 1. The second-order valence-electron chi connectivity index (χ2n) is 8.54. The lowest BCUT2D eigenvalue weighted by Crippen LogP contribution is -2.48. The van der Waals surface area contributed by atoms with E-state index in [1.165, 1.54) is 28.6 Å². The average molecular weight is 450 g/mol. The lowest BCUT2D eigenvalue weighted by molar-refractivity contribution is -0.123. The van der Waals surface area contributed by atoms with Crippen LogP contribution in [0, 0.1) is 12.8 Å². The SMILES string of the molecule is Cc1ccc(S(=O)(=O)N[C@H](C(=O)N/N=C\c2ccc3c4c(cccc24)CC3)C(C)C)cc1. The van der Waals surface area contributed by atoms with E-state index in [1.54, 1.807) is 32.2 Å². The first-order valence-corrected chi connectivity index (χ1v) is 12.2. The molecule has 32 heavy (non-hydrogen) atoms. The number of carbonyl (C=O) groups excluding carboxylic acids is 1. The van der Waals surface area contributed by atoms with Gasteiger partial charge in [0, 0.05) is 5.56 Å². The second-order valence-corrected chi connectivity index (χ2v) is 10.3. The van der Waals surface area contributed by atoms with Crippen molar-refractivity contribution in [2.45, 2.75) is 44.6 Å². The maximum absolute atomic E-state index is 12.8. The van der Waals surface area contributed by atoms with Crippen LogP contribution < -0.4 is 10.1 Å². The standard InChI is InChI=1S/C25H27N3O3S/c1-16(2)24(28-32(30,31)21-13-7-17(3)8-14-21)25(29)27-26-15-20-12-11-19-10-9-18-5-4-6-22(20)23(18)19/h4-8,11-16,24,28H,9-10H2,1-3H3,(H,27,29)/b26-15-/t24-/m0/s1. The van der Waals surface area contributed by atoms with Crippen LogP contribution in [0.3, 0.4) is 0 Å². The molecule has 1 aliphatic rings. The second kappa shape index (κ2) is 8.84. The average Bonchev–Trinajstić information content (AvgIpc) is 3.18. The molecule has 0 aromatic heterocycles. The number of benzene rings is 3. The Morgan fingerprint density at radius 3 is 2.38 bits per heavy atom. The zero-order valence-corrected chi connectivity index (χ0v) is 19.2. The summed E-state index contributed by atoms with van der Waals surface area (Å²) in [6.45, 7) is 5.46. The van der Waals surface area contributed by atoms with Crippen LogP contribution in [0.4, 0.5) is 0 Å². The number of nitrogens with one attached hydrogen (secondary N) is 2. The Morgan fingerprint density at radius 2 is 1.69 bits per heavy atom. The third-order valence-electron chi connectivity index (χ3n) is 5.85. The highest BCUT2D eigenvalue weighted by Crippen LogP contribution is 2.32. The number of hydrogen-bond donors (Lipinski definition) is 2. The van der Waals surface area contributed by atoms with E-state index < -0.39 is 22.0 Å². The quantitative estimate of drug-likeness (QED) is 0.426. The molecule has 1 aliphatic carbocycles. The Balaban J connectivity index is 1.50. The Labute approximate surface area is 188 Å². The number of hydrogen-bond acceptors (Lipinski definition) is 4. The number of sulfonamides is 1. The van der Waals surface area contributed by atoms with Gasteiger partial charge in [-0.2, -0.15) is 9.82 Å².